The van der Waals surface area contributed by atoms with E-state index < -0.39 is 11.9 Å². The van der Waals surface area contributed by atoms with E-state index in [2.05, 4.69) is 0 Å². The maximum absolute atomic E-state index is 13.9. The second kappa shape index (κ2) is 6.35. The van der Waals surface area contributed by atoms with Crippen molar-refractivity contribution in [2.24, 2.45) is 0 Å². The molecular formula is C16H22FNO2. The van der Waals surface area contributed by atoms with Gasteiger partial charge < -0.3 is 10.0 Å². The van der Waals surface area contributed by atoms with Crippen LogP contribution >= 0.6 is 0 Å². The predicted octanol–water partition coefficient (Wildman–Crippen LogP) is 2.90. The number of carbonyl (C=O) groups is 1. The number of amides is 1. The molecule has 1 aromatic rings. The number of nitrogens with zero attached hydrogens (tertiary/aromatic N) is 1. The van der Waals surface area contributed by atoms with Crippen LogP contribution < -0.4 is 0 Å². The normalized spacial score (nSPS) is 20.8. The Morgan fingerprint density at radius 2 is 2.25 bits per heavy atom. The minimum Gasteiger partial charge on any atom is -0.393 e. The molecule has 1 saturated heterocycles. The lowest BCUT2D eigenvalue weighted by Gasteiger charge is -2.36. The summed E-state index contributed by atoms with van der Waals surface area (Å²) in [7, 11) is 0. The number of aliphatic hydroxyl groups excluding tert-OH is 1. The first kappa shape index (κ1) is 15.0. The Morgan fingerprint density at radius 3 is 2.95 bits per heavy atom. The van der Waals surface area contributed by atoms with Crippen LogP contribution in [0.25, 0.3) is 0 Å². The monoisotopic (exact) mass is 279 g/mol. The SMILES string of the molecule is Cc1ccc(F)c(C(=O)N2CCCCC2CC(C)O)c1. The van der Waals surface area contributed by atoms with Gasteiger partial charge in [0.25, 0.3) is 5.91 Å². The van der Waals surface area contributed by atoms with Crippen molar-refractivity contribution in [2.75, 3.05) is 6.54 Å². The number of likely N-dealkylation sites (tertiary alicyclic amines) is 1. The number of aliphatic hydroxyl groups is 1. The lowest BCUT2D eigenvalue weighted by atomic mass is 9.96. The fraction of sp³-hybridized carbons (Fsp3) is 0.562. The van der Waals surface area contributed by atoms with Crippen molar-refractivity contribution in [3.05, 3.63) is 35.1 Å². The van der Waals surface area contributed by atoms with Crippen molar-refractivity contribution in [3.8, 4) is 0 Å². The van der Waals surface area contributed by atoms with Crippen LogP contribution in [0.3, 0.4) is 0 Å². The lowest BCUT2D eigenvalue weighted by Crippen LogP contribution is -2.45. The standard InChI is InChI=1S/C16H22FNO2/c1-11-6-7-15(17)14(9-11)16(20)18-8-4-3-5-13(18)10-12(2)19/h6-7,9,12-13,19H,3-5,8,10H2,1-2H3. The molecule has 0 aromatic heterocycles. The van der Waals surface area contributed by atoms with E-state index in [-0.39, 0.29) is 17.5 Å². The summed E-state index contributed by atoms with van der Waals surface area (Å²) in [5.74, 6) is -0.724. The second-order valence-electron chi connectivity index (χ2n) is 5.72. The van der Waals surface area contributed by atoms with Gasteiger partial charge in [-0.2, -0.15) is 0 Å². The van der Waals surface area contributed by atoms with E-state index in [4.69, 9.17) is 0 Å². The van der Waals surface area contributed by atoms with Gasteiger partial charge >= 0.3 is 0 Å². The smallest absolute Gasteiger partial charge is 0.257 e. The van der Waals surface area contributed by atoms with Crippen molar-refractivity contribution < 1.29 is 14.3 Å². The summed E-state index contributed by atoms with van der Waals surface area (Å²) in [6, 6.07) is 4.62. The molecular weight excluding hydrogens is 257 g/mol. The van der Waals surface area contributed by atoms with Gasteiger partial charge in [-0.1, -0.05) is 11.6 Å². The Kier molecular flexibility index (Phi) is 4.76. The number of hydrogen-bond acceptors (Lipinski definition) is 2. The Hall–Kier alpha value is -1.42. The third-order valence-electron chi connectivity index (χ3n) is 3.85. The quantitative estimate of drug-likeness (QED) is 0.924. The molecule has 1 heterocycles. The first-order chi connectivity index (χ1) is 9.49. The maximum Gasteiger partial charge on any atom is 0.257 e. The van der Waals surface area contributed by atoms with Gasteiger partial charge in [0.2, 0.25) is 0 Å². The fourth-order valence-electron chi connectivity index (χ4n) is 2.86. The molecule has 2 unspecified atom stereocenters. The molecule has 20 heavy (non-hydrogen) atoms. The van der Waals surface area contributed by atoms with Gasteiger partial charge in [-0.05, 0) is 51.7 Å². The van der Waals surface area contributed by atoms with Crippen molar-refractivity contribution in [2.45, 2.75) is 51.7 Å². The molecule has 0 spiro atoms. The summed E-state index contributed by atoms with van der Waals surface area (Å²) >= 11 is 0. The van der Waals surface area contributed by atoms with Gasteiger partial charge in [0, 0.05) is 12.6 Å². The molecule has 1 aliphatic heterocycles. The third kappa shape index (κ3) is 3.37. The fourth-order valence-corrected chi connectivity index (χ4v) is 2.86. The third-order valence-corrected chi connectivity index (χ3v) is 3.85. The van der Waals surface area contributed by atoms with E-state index in [0.29, 0.717) is 13.0 Å². The maximum atomic E-state index is 13.9. The van der Waals surface area contributed by atoms with Crippen molar-refractivity contribution in [3.63, 3.8) is 0 Å². The number of benzene rings is 1. The first-order valence-electron chi connectivity index (χ1n) is 7.24. The minimum atomic E-state index is -0.470. The minimum absolute atomic E-state index is 0.0103. The van der Waals surface area contributed by atoms with Crippen LogP contribution in [0.1, 0.15) is 48.5 Å². The van der Waals surface area contributed by atoms with Gasteiger partial charge in [-0.15, -0.1) is 0 Å². The molecule has 3 nitrogen and oxygen atoms in total. The summed E-state index contributed by atoms with van der Waals surface area (Å²) in [4.78, 5) is 14.3. The van der Waals surface area contributed by atoms with Crippen LogP contribution in [0.4, 0.5) is 4.39 Å². The van der Waals surface area contributed by atoms with E-state index in [0.717, 1.165) is 24.8 Å². The molecule has 1 aromatic carbocycles. The second-order valence-corrected chi connectivity index (χ2v) is 5.72. The topological polar surface area (TPSA) is 40.5 Å². The number of halogens is 1. The highest BCUT2D eigenvalue weighted by atomic mass is 19.1. The zero-order valence-corrected chi connectivity index (χ0v) is 12.1. The Labute approximate surface area is 119 Å². The van der Waals surface area contributed by atoms with Gasteiger partial charge in [-0.3, -0.25) is 4.79 Å². The van der Waals surface area contributed by atoms with Gasteiger partial charge in [0.05, 0.1) is 11.7 Å². The van der Waals surface area contributed by atoms with Gasteiger partial charge in [-0.25, -0.2) is 4.39 Å². The van der Waals surface area contributed by atoms with Crippen LogP contribution in [-0.2, 0) is 0 Å². The highest BCUT2D eigenvalue weighted by Gasteiger charge is 2.29. The number of aryl methyl sites for hydroxylation is 1. The van der Waals surface area contributed by atoms with E-state index in [1.54, 1.807) is 24.0 Å². The Balaban J connectivity index is 2.23. The van der Waals surface area contributed by atoms with Gasteiger partial charge in [0.15, 0.2) is 0 Å². The molecule has 1 N–H and O–H groups in total. The molecule has 0 saturated carbocycles. The van der Waals surface area contributed by atoms with Crippen LogP contribution in [-0.4, -0.2) is 34.6 Å². The van der Waals surface area contributed by atoms with Crippen LogP contribution in [0.5, 0.6) is 0 Å². The van der Waals surface area contributed by atoms with Crippen LogP contribution in [0.15, 0.2) is 18.2 Å². The molecule has 1 amide bonds. The molecule has 4 heteroatoms. The zero-order chi connectivity index (χ0) is 14.7. The van der Waals surface area contributed by atoms with E-state index >= 15 is 0 Å². The lowest BCUT2D eigenvalue weighted by molar-refractivity contribution is 0.0510. The van der Waals surface area contributed by atoms with E-state index in [9.17, 15) is 14.3 Å². The zero-order valence-electron chi connectivity index (χ0n) is 12.1. The average molecular weight is 279 g/mol. The Bertz CT molecular complexity index is 487. The summed E-state index contributed by atoms with van der Waals surface area (Å²) in [6.07, 6.45) is 2.98. The van der Waals surface area contributed by atoms with Crippen LogP contribution in [0, 0.1) is 12.7 Å². The van der Waals surface area contributed by atoms with Crippen LogP contribution in [0.2, 0.25) is 0 Å². The summed E-state index contributed by atoms with van der Waals surface area (Å²) < 4.78 is 13.9. The predicted molar refractivity (Wildman–Crippen MR) is 76.1 cm³/mol. The number of piperidine rings is 1. The van der Waals surface area contributed by atoms with Crippen molar-refractivity contribution in [1.82, 2.24) is 4.90 Å². The summed E-state index contributed by atoms with van der Waals surface area (Å²) in [5, 5.41) is 9.56. The molecule has 2 rings (SSSR count). The number of hydrogen-bond donors (Lipinski definition) is 1. The molecule has 0 radical (unpaired) electrons. The molecule has 1 aliphatic rings. The number of carbonyl (C=O) groups excluding carboxylic acids is 1. The largest absolute Gasteiger partial charge is 0.393 e. The first-order valence-corrected chi connectivity index (χ1v) is 7.24. The molecule has 2 atom stereocenters. The average Bonchev–Trinajstić information content (AvgIpc) is 2.41. The summed E-state index contributed by atoms with van der Waals surface area (Å²) in [5.41, 5.74) is 1.02. The molecule has 0 aliphatic carbocycles. The van der Waals surface area contributed by atoms with Crippen molar-refractivity contribution in [1.29, 1.82) is 0 Å². The van der Waals surface area contributed by atoms with Crippen molar-refractivity contribution >= 4 is 5.91 Å². The Morgan fingerprint density at radius 1 is 1.50 bits per heavy atom. The number of rotatable bonds is 3. The molecule has 1 fully saturated rings. The molecule has 0 bridgehead atoms. The van der Waals surface area contributed by atoms with E-state index in [1.807, 2.05) is 6.92 Å². The summed E-state index contributed by atoms with van der Waals surface area (Å²) in [6.45, 7) is 4.22. The highest BCUT2D eigenvalue weighted by molar-refractivity contribution is 5.95. The highest BCUT2D eigenvalue weighted by Crippen LogP contribution is 2.24. The van der Waals surface area contributed by atoms with E-state index in [1.165, 1.54) is 6.07 Å². The molecule has 110 valence electrons. The van der Waals surface area contributed by atoms with Gasteiger partial charge in [0.1, 0.15) is 5.82 Å².